The van der Waals surface area contributed by atoms with Crippen LogP contribution >= 0.6 is 0 Å². The van der Waals surface area contributed by atoms with Crippen LogP contribution in [0, 0.1) is 0 Å². The van der Waals surface area contributed by atoms with Gasteiger partial charge in [0.15, 0.2) is 0 Å². The van der Waals surface area contributed by atoms with E-state index in [1.165, 1.54) is 7.11 Å². The molecule has 1 rings (SSSR count). The van der Waals surface area contributed by atoms with Crippen LogP contribution in [0.25, 0.3) is 0 Å². The molecule has 0 saturated carbocycles. The van der Waals surface area contributed by atoms with Crippen LogP contribution in [0.1, 0.15) is 12.0 Å². The monoisotopic (exact) mass is 237 g/mol. The third-order valence-electron chi connectivity index (χ3n) is 2.10. The van der Waals surface area contributed by atoms with Crippen LogP contribution in [0.5, 0.6) is 0 Å². The van der Waals surface area contributed by atoms with Crippen molar-refractivity contribution in [1.82, 2.24) is 0 Å². The summed E-state index contributed by atoms with van der Waals surface area (Å²) < 4.78 is 4.79. The Hall–Kier alpha value is -1.88. The molecule has 1 amide bonds. The second-order valence-corrected chi connectivity index (χ2v) is 3.56. The van der Waals surface area contributed by atoms with Gasteiger partial charge in [0, 0.05) is 12.8 Å². The highest BCUT2D eigenvalue weighted by Gasteiger charge is 2.04. The quantitative estimate of drug-likeness (QED) is 0.781. The second kappa shape index (κ2) is 6.65. The minimum Gasteiger partial charge on any atom is -0.481 e. The van der Waals surface area contributed by atoms with Crippen LogP contribution < -0.4 is 5.32 Å². The number of carboxylic acids is 1. The van der Waals surface area contributed by atoms with Gasteiger partial charge in [-0.2, -0.15) is 0 Å². The lowest BCUT2D eigenvalue weighted by molar-refractivity contribution is -0.136. The fourth-order valence-corrected chi connectivity index (χ4v) is 1.35. The number of nitrogens with one attached hydrogen (secondary N) is 1. The Kier molecular flexibility index (Phi) is 5.16. The van der Waals surface area contributed by atoms with Crippen molar-refractivity contribution in [1.29, 1.82) is 0 Å². The van der Waals surface area contributed by atoms with Crippen LogP contribution in [0.2, 0.25) is 0 Å². The van der Waals surface area contributed by atoms with E-state index >= 15 is 0 Å². The Bertz CT molecular complexity index is 403. The summed E-state index contributed by atoms with van der Waals surface area (Å²) in [6.07, 6.45) is 0.224. The maximum absolute atomic E-state index is 11.4. The average molecular weight is 237 g/mol. The van der Waals surface area contributed by atoms with Gasteiger partial charge in [-0.25, -0.2) is 0 Å². The van der Waals surface area contributed by atoms with Crippen LogP contribution in [0.3, 0.4) is 0 Å². The van der Waals surface area contributed by atoms with Crippen molar-refractivity contribution in [2.75, 3.05) is 19.0 Å². The van der Waals surface area contributed by atoms with E-state index < -0.39 is 5.97 Å². The van der Waals surface area contributed by atoms with Crippen LogP contribution in [-0.2, 0) is 20.7 Å². The zero-order valence-electron chi connectivity index (χ0n) is 9.60. The Labute approximate surface area is 99.4 Å². The number of rotatable bonds is 6. The van der Waals surface area contributed by atoms with Crippen molar-refractivity contribution in [3.8, 4) is 0 Å². The molecule has 5 nitrogen and oxygen atoms in total. The van der Waals surface area contributed by atoms with Crippen molar-refractivity contribution >= 4 is 17.6 Å². The normalized spacial score (nSPS) is 9.94. The largest absolute Gasteiger partial charge is 0.481 e. The lowest BCUT2D eigenvalue weighted by atomic mass is 10.1. The zero-order chi connectivity index (χ0) is 12.7. The smallest absolute Gasteiger partial charge is 0.307 e. The molecule has 1 aromatic carbocycles. The molecule has 0 aliphatic rings. The Morgan fingerprint density at radius 2 is 2.18 bits per heavy atom. The third kappa shape index (κ3) is 5.12. The van der Waals surface area contributed by atoms with Crippen molar-refractivity contribution in [2.24, 2.45) is 0 Å². The summed E-state index contributed by atoms with van der Waals surface area (Å²) in [4.78, 5) is 21.9. The Morgan fingerprint density at radius 3 is 2.82 bits per heavy atom. The summed E-state index contributed by atoms with van der Waals surface area (Å²) in [6, 6.07) is 6.79. The maximum atomic E-state index is 11.4. The number of amides is 1. The molecule has 92 valence electrons. The number of anilines is 1. The number of carboxylic acid groups (broad SMARTS) is 1. The minimum atomic E-state index is -0.896. The van der Waals surface area contributed by atoms with Crippen LogP contribution in [0.4, 0.5) is 5.69 Å². The van der Waals surface area contributed by atoms with Crippen molar-refractivity contribution < 1.29 is 19.4 Å². The molecule has 0 radical (unpaired) electrons. The van der Waals surface area contributed by atoms with Gasteiger partial charge in [0.25, 0.3) is 0 Å². The summed E-state index contributed by atoms with van der Waals surface area (Å²) >= 11 is 0. The second-order valence-electron chi connectivity index (χ2n) is 3.56. The molecule has 1 aromatic rings. The van der Waals surface area contributed by atoms with Crippen molar-refractivity contribution in [3.05, 3.63) is 29.8 Å². The number of methoxy groups -OCH3 is 1. The van der Waals surface area contributed by atoms with E-state index in [1.807, 2.05) is 0 Å². The lowest BCUT2D eigenvalue weighted by Gasteiger charge is -2.06. The first-order chi connectivity index (χ1) is 8.11. The predicted octanol–water partition coefficient (Wildman–Crippen LogP) is 1.29. The molecule has 0 unspecified atom stereocenters. The lowest BCUT2D eigenvalue weighted by Crippen LogP contribution is -2.13. The SMILES string of the molecule is COCCC(=O)Nc1cccc(CC(=O)O)c1. The van der Waals surface area contributed by atoms with E-state index in [0.29, 0.717) is 17.9 Å². The van der Waals surface area contributed by atoms with Crippen LogP contribution in [-0.4, -0.2) is 30.7 Å². The van der Waals surface area contributed by atoms with E-state index in [-0.39, 0.29) is 18.7 Å². The number of ether oxygens (including phenoxy) is 1. The topological polar surface area (TPSA) is 75.6 Å². The van der Waals surface area contributed by atoms with E-state index in [2.05, 4.69) is 5.32 Å². The Balaban J connectivity index is 2.59. The Morgan fingerprint density at radius 1 is 1.41 bits per heavy atom. The average Bonchev–Trinajstić information content (AvgIpc) is 2.26. The molecule has 0 aliphatic carbocycles. The molecule has 0 spiro atoms. The van der Waals surface area contributed by atoms with Gasteiger partial charge in [-0.1, -0.05) is 12.1 Å². The molecule has 2 N–H and O–H groups in total. The van der Waals surface area contributed by atoms with Gasteiger partial charge in [0.1, 0.15) is 0 Å². The molecular weight excluding hydrogens is 222 g/mol. The summed E-state index contributed by atoms with van der Waals surface area (Å²) in [6.45, 7) is 0.362. The molecule has 0 saturated heterocycles. The van der Waals surface area contributed by atoms with Gasteiger partial charge in [-0.15, -0.1) is 0 Å². The number of aliphatic carboxylic acids is 1. The molecule has 5 heteroatoms. The number of carbonyl (C=O) groups excluding carboxylic acids is 1. The van der Waals surface area contributed by atoms with Crippen molar-refractivity contribution in [2.45, 2.75) is 12.8 Å². The first kappa shape index (κ1) is 13.2. The van der Waals surface area contributed by atoms with Gasteiger partial charge in [0.05, 0.1) is 19.4 Å². The predicted molar refractivity (Wildman–Crippen MR) is 62.9 cm³/mol. The van der Waals surface area contributed by atoms with Gasteiger partial charge in [-0.3, -0.25) is 9.59 Å². The molecular formula is C12H15NO4. The van der Waals surface area contributed by atoms with E-state index in [1.54, 1.807) is 24.3 Å². The maximum Gasteiger partial charge on any atom is 0.307 e. The molecule has 0 bridgehead atoms. The van der Waals surface area contributed by atoms with Gasteiger partial charge >= 0.3 is 5.97 Å². The fourth-order valence-electron chi connectivity index (χ4n) is 1.35. The molecule has 17 heavy (non-hydrogen) atoms. The molecule has 0 aliphatic heterocycles. The first-order valence-corrected chi connectivity index (χ1v) is 5.21. The summed E-state index contributed by atoms with van der Waals surface area (Å²) in [5.41, 5.74) is 1.26. The highest BCUT2D eigenvalue weighted by Crippen LogP contribution is 2.11. The van der Waals surface area contributed by atoms with Gasteiger partial charge < -0.3 is 15.2 Å². The molecule has 0 heterocycles. The highest BCUT2D eigenvalue weighted by molar-refractivity contribution is 5.90. The first-order valence-electron chi connectivity index (χ1n) is 5.21. The molecule has 0 fully saturated rings. The molecule has 0 atom stereocenters. The number of benzene rings is 1. The van der Waals surface area contributed by atoms with E-state index in [4.69, 9.17) is 9.84 Å². The van der Waals surface area contributed by atoms with Gasteiger partial charge in [0.2, 0.25) is 5.91 Å². The standard InChI is InChI=1S/C12H15NO4/c1-17-6-5-11(14)13-10-4-2-3-9(7-10)8-12(15)16/h2-4,7H,5-6,8H2,1H3,(H,13,14)(H,15,16). The van der Waals surface area contributed by atoms with Crippen molar-refractivity contribution in [3.63, 3.8) is 0 Å². The zero-order valence-corrected chi connectivity index (χ0v) is 9.60. The fraction of sp³-hybridized carbons (Fsp3) is 0.333. The summed E-state index contributed by atoms with van der Waals surface area (Å²) in [5.74, 6) is -1.05. The molecule has 0 aromatic heterocycles. The number of carbonyl (C=O) groups is 2. The summed E-state index contributed by atoms with van der Waals surface area (Å²) in [5, 5.41) is 11.3. The minimum absolute atomic E-state index is 0.0538. The highest BCUT2D eigenvalue weighted by atomic mass is 16.5. The van der Waals surface area contributed by atoms with Gasteiger partial charge in [-0.05, 0) is 17.7 Å². The third-order valence-corrected chi connectivity index (χ3v) is 2.10. The van der Waals surface area contributed by atoms with E-state index in [0.717, 1.165) is 0 Å². The summed E-state index contributed by atoms with van der Waals surface area (Å²) in [7, 11) is 1.53. The van der Waals surface area contributed by atoms with Crippen LogP contribution in [0.15, 0.2) is 24.3 Å². The van der Waals surface area contributed by atoms with E-state index in [9.17, 15) is 9.59 Å². The number of hydrogen-bond donors (Lipinski definition) is 2. The number of hydrogen-bond acceptors (Lipinski definition) is 3.